The first-order chi connectivity index (χ1) is 7.93. The summed E-state index contributed by atoms with van der Waals surface area (Å²) in [6, 6.07) is 2.24. The molecule has 1 saturated heterocycles. The largest absolute Gasteiger partial charge is 0.398 e. The van der Waals surface area contributed by atoms with Gasteiger partial charge in [-0.2, -0.15) is 4.31 Å². The molecule has 1 aliphatic rings. The van der Waals surface area contributed by atoms with Crippen molar-refractivity contribution in [1.29, 1.82) is 0 Å². The molecule has 17 heavy (non-hydrogen) atoms. The number of sulfonamides is 1. The summed E-state index contributed by atoms with van der Waals surface area (Å²) in [6.45, 7) is 0.884. The highest BCUT2D eigenvalue weighted by Crippen LogP contribution is 2.29. The van der Waals surface area contributed by atoms with Gasteiger partial charge in [0.2, 0.25) is 10.0 Å². The van der Waals surface area contributed by atoms with Crippen molar-refractivity contribution in [3.05, 3.63) is 22.4 Å². The van der Waals surface area contributed by atoms with Crippen LogP contribution in [0, 0.1) is 5.82 Å². The van der Waals surface area contributed by atoms with Crippen molar-refractivity contribution >= 4 is 31.6 Å². The van der Waals surface area contributed by atoms with Gasteiger partial charge in [0.15, 0.2) is 0 Å². The van der Waals surface area contributed by atoms with Crippen LogP contribution in [0.15, 0.2) is 21.5 Å². The van der Waals surface area contributed by atoms with E-state index in [4.69, 9.17) is 5.73 Å². The molecule has 0 atom stereocenters. The third kappa shape index (κ3) is 2.31. The third-order valence-electron chi connectivity index (χ3n) is 2.73. The van der Waals surface area contributed by atoms with Crippen LogP contribution in [0.2, 0.25) is 0 Å². The fraction of sp³-hybridized carbons (Fsp3) is 0.400. The number of benzene rings is 1. The smallest absolute Gasteiger partial charge is 0.246 e. The standard InChI is InChI=1S/C10H12BrFN2O2S/c11-7-5-8(12)10(6-9(7)13)17(15,16)14-3-1-2-4-14/h5-6H,1-4,13H2. The highest BCUT2D eigenvalue weighted by molar-refractivity contribution is 9.10. The fourth-order valence-corrected chi connectivity index (χ4v) is 3.72. The summed E-state index contributed by atoms with van der Waals surface area (Å²) < 4.78 is 39.6. The van der Waals surface area contributed by atoms with Gasteiger partial charge in [-0.3, -0.25) is 0 Å². The molecule has 1 fully saturated rings. The number of hydrogen-bond acceptors (Lipinski definition) is 3. The van der Waals surface area contributed by atoms with Crippen LogP contribution in [-0.2, 0) is 10.0 Å². The van der Waals surface area contributed by atoms with E-state index in [-0.39, 0.29) is 10.6 Å². The minimum Gasteiger partial charge on any atom is -0.398 e. The number of nitrogen functional groups attached to an aromatic ring is 1. The number of halogens is 2. The monoisotopic (exact) mass is 322 g/mol. The minimum absolute atomic E-state index is 0.212. The lowest BCUT2D eigenvalue weighted by atomic mass is 10.3. The SMILES string of the molecule is Nc1cc(S(=O)(=O)N2CCCC2)c(F)cc1Br. The Balaban J connectivity index is 2.49. The molecule has 1 aliphatic heterocycles. The quantitative estimate of drug-likeness (QED) is 0.846. The topological polar surface area (TPSA) is 63.4 Å². The van der Waals surface area contributed by atoms with Gasteiger partial charge in [-0.1, -0.05) is 0 Å². The molecule has 1 aromatic rings. The Bertz CT molecular complexity index is 541. The van der Waals surface area contributed by atoms with E-state index < -0.39 is 15.8 Å². The van der Waals surface area contributed by atoms with E-state index in [9.17, 15) is 12.8 Å². The zero-order valence-corrected chi connectivity index (χ0v) is 11.4. The molecule has 1 aromatic carbocycles. The van der Waals surface area contributed by atoms with Crippen molar-refractivity contribution in [2.45, 2.75) is 17.7 Å². The molecule has 0 radical (unpaired) electrons. The molecule has 0 spiro atoms. The van der Waals surface area contributed by atoms with E-state index in [1.165, 1.54) is 4.31 Å². The maximum atomic E-state index is 13.7. The number of nitrogens with zero attached hydrogens (tertiary/aromatic N) is 1. The summed E-state index contributed by atoms with van der Waals surface area (Å²) in [5.74, 6) is -0.780. The van der Waals surface area contributed by atoms with Gasteiger partial charge in [0, 0.05) is 23.2 Å². The number of nitrogens with two attached hydrogens (primary N) is 1. The maximum absolute atomic E-state index is 13.7. The van der Waals surface area contributed by atoms with E-state index in [0.29, 0.717) is 17.6 Å². The van der Waals surface area contributed by atoms with Gasteiger partial charge in [-0.25, -0.2) is 12.8 Å². The lowest BCUT2D eigenvalue weighted by molar-refractivity contribution is 0.469. The Morgan fingerprint density at radius 1 is 1.29 bits per heavy atom. The number of anilines is 1. The lowest BCUT2D eigenvalue weighted by Gasteiger charge is -2.16. The summed E-state index contributed by atoms with van der Waals surface area (Å²) in [6.07, 6.45) is 1.62. The summed E-state index contributed by atoms with van der Waals surface area (Å²) >= 11 is 3.06. The van der Waals surface area contributed by atoms with Gasteiger partial charge in [0.05, 0.1) is 0 Å². The van der Waals surface area contributed by atoms with Crippen molar-refractivity contribution in [2.75, 3.05) is 18.8 Å². The molecule has 2 N–H and O–H groups in total. The highest BCUT2D eigenvalue weighted by Gasteiger charge is 2.30. The molecule has 0 unspecified atom stereocenters. The zero-order valence-electron chi connectivity index (χ0n) is 8.99. The van der Waals surface area contributed by atoms with Crippen LogP contribution in [0.25, 0.3) is 0 Å². The molecular weight excluding hydrogens is 311 g/mol. The predicted octanol–water partition coefficient (Wildman–Crippen LogP) is 1.95. The average molecular weight is 323 g/mol. The molecule has 7 heteroatoms. The van der Waals surface area contributed by atoms with Crippen LogP contribution >= 0.6 is 15.9 Å². The van der Waals surface area contributed by atoms with E-state index in [1.807, 2.05) is 0 Å². The minimum atomic E-state index is -3.75. The number of rotatable bonds is 2. The first-order valence-corrected chi connectivity index (χ1v) is 7.41. The summed E-state index contributed by atoms with van der Waals surface area (Å²) in [7, 11) is -3.75. The molecule has 0 amide bonds. The van der Waals surface area contributed by atoms with Gasteiger partial charge < -0.3 is 5.73 Å². The molecule has 2 rings (SSSR count). The average Bonchev–Trinajstić information content (AvgIpc) is 2.77. The maximum Gasteiger partial charge on any atom is 0.246 e. The Labute approximate surface area is 108 Å². The molecule has 0 bridgehead atoms. The number of hydrogen-bond donors (Lipinski definition) is 1. The normalized spacial score (nSPS) is 17.5. The Kier molecular flexibility index (Phi) is 3.42. The van der Waals surface area contributed by atoms with Crippen LogP contribution in [0.5, 0.6) is 0 Å². The van der Waals surface area contributed by atoms with Crippen LogP contribution < -0.4 is 5.73 Å². The van der Waals surface area contributed by atoms with E-state index in [0.717, 1.165) is 25.0 Å². The summed E-state index contributed by atoms with van der Waals surface area (Å²) in [4.78, 5) is -0.347. The second-order valence-electron chi connectivity index (χ2n) is 3.92. The Morgan fingerprint density at radius 2 is 1.88 bits per heavy atom. The zero-order chi connectivity index (χ0) is 12.6. The second-order valence-corrected chi connectivity index (χ2v) is 6.68. The van der Waals surface area contributed by atoms with Crippen LogP contribution in [0.4, 0.5) is 10.1 Å². The molecule has 1 heterocycles. The van der Waals surface area contributed by atoms with E-state index in [2.05, 4.69) is 15.9 Å². The molecule has 0 aromatic heterocycles. The first kappa shape index (κ1) is 12.8. The first-order valence-electron chi connectivity index (χ1n) is 5.17. The van der Waals surface area contributed by atoms with Crippen molar-refractivity contribution in [1.82, 2.24) is 4.31 Å². The van der Waals surface area contributed by atoms with Gasteiger partial charge in [0.1, 0.15) is 10.7 Å². The fourth-order valence-electron chi connectivity index (χ4n) is 1.81. The molecule has 94 valence electrons. The molecule has 0 saturated carbocycles. The lowest BCUT2D eigenvalue weighted by Crippen LogP contribution is -2.28. The van der Waals surface area contributed by atoms with Gasteiger partial charge in [-0.15, -0.1) is 0 Å². The van der Waals surface area contributed by atoms with Crippen molar-refractivity contribution in [3.63, 3.8) is 0 Å². The van der Waals surface area contributed by atoms with Crippen LogP contribution in [-0.4, -0.2) is 25.8 Å². The molecular formula is C10H12BrFN2O2S. The molecule has 4 nitrogen and oxygen atoms in total. The van der Waals surface area contributed by atoms with Gasteiger partial charge in [0.25, 0.3) is 0 Å². The van der Waals surface area contributed by atoms with Crippen LogP contribution in [0.3, 0.4) is 0 Å². The third-order valence-corrected chi connectivity index (χ3v) is 5.33. The van der Waals surface area contributed by atoms with Crippen LogP contribution in [0.1, 0.15) is 12.8 Å². The van der Waals surface area contributed by atoms with E-state index >= 15 is 0 Å². The second kappa shape index (κ2) is 4.55. The predicted molar refractivity (Wildman–Crippen MR) is 66.5 cm³/mol. The van der Waals surface area contributed by atoms with E-state index in [1.54, 1.807) is 0 Å². The van der Waals surface area contributed by atoms with Gasteiger partial charge in [-0.05, 0) is 40.9 Å². The summed E-state index contributed by atoms with van der Waals surface area (Å²) in [5.41, 5.74) is 5.80. The highest BCUT2D eigenvalue weighted by atomic mass is 79.9. The van der Waals surface area contributed by atoms with Gasteiger partial charge >= 0.3 is 0 Å². The van der Waals surface area contributed by atoms with Crippen molar-refractivity contribution in [2.24, 2.45) is 0 Å². The van der Waals surface area contributed by atoms with Crippen molar-refractivity contribution < 1.29 is 12.8 Å². The Morgan fingerprint density at radius 3 is 2.47 bits per heavy atom. The summed E-state index contributed by atoms with van der Waals surface area (Å²) in [5, 5.41) is 0. The van der Waals surface area contributed by atoms with Crippen molar-refractivity contribution in [3.8, 4) is 0 Å². The Hall–Kier alpha value is -0.660. The molecule has 0 aliphatic carbocycles.